The third kappa shape index (κ3) is 4.28. The van der Waals surface area contributed by atoms with Crippen molar-refractivity contribution in [3.63, 3.8) is 0 Å². The highest BCUT2D eigenvalue weighted by Gasteiger charge is 2.23. The summed E-state index contributed by atoms with van der Waals surface area (Å²) in [6.07, 6.45) is 6.61. The summed E-state index contributed by atoms with van der Waals surface area (Å²) in [4.78, 5) is 28.2. The van der Waals surface area contributed by atoms with Crippen molar-refractivity contribution in [2.45, 2.75) is 38.8 Å². The minimum atomic E-state index is -0.0990. The molecule has 3 heterocycles. The van der Waals surface area contributed by atoms with Crippen LogP contribution < -0.4 is 0 Å². The molecule has 0 radical (unpaired) electrons. The van der Waals surface area contributed by atoms with Gasteiger partial charge in [0, 0.05) is 13.0 Å². The zero-order valence-corrected chi connectivity index (χ0v) is 13.6. The van der Waals surface area contributed by atoms with Crippen molar-refractivity contribution >= 4 is 11.8 Å². The van der Waals surface area contributed by atoms with Crippen LogP contribution in [0, 0.1) is 0 Å². The van der Waals surface area contributed by atoms with E-state index in [2.05, 4.69) is 0 Å². The van der Waals surface area contributed by atoms with Crippen molar-refractivity contribution in [2.24, 2.45) is 0 Å². The first-order valence-electron chi connectivity index (χ1n) is 8.32. The fourth-order valence-corrected chi connectivity index (χ4v) is 2.88. The highest BCUT2D eigenvalue weighted by atomic mass is 16.3. The molecule has 2 aromatic heterocycles. The van der Waals surface area contributed by atoms with Gasteiger partial charge in [0.25, 0.3) is 0 Å². The van der Waals surface area contributed by atoms with Crippen LogP contribution in [-0.2, 0) is 22.7 Å². The molecule has 0 N–H and O–H groups in total. The lowest BCUT2D eigenvalue weighted by Crippen LogP contribution is -2.42. The van der Waals surface area contributed by atoms with Gasteiger partial charge < -0.3 is 18.6 Å². The number of hydrogen-bond donors (Lipinski definition) is 0. The molecule has 1 fully saturated rings. The third-order valence-electron chi connectivity index (χ3n) is 4.20. The van der Waals surface area contributed by atoms with Gasteiger partial charge in [-0.25, -0.2) is 0 Å². The van der Waals surface area contributed by atoms with Crippen LogP contribution in [0.15, 0.2) is 45.6 Å². The van der Waals surface area contributed by atoms with E-state index in [1.54, 1.807) is 34.5 Å². The highest BCUT2D eigenvalue weighted by Crippen LogP contribution is 2.14. The summed E-state index contributed by atoms with van der Waals surface area (Å²) in [5.74, 6) is 1.38. The van der Waals surface area contributed by atoms with Crippen LogP contribution in [0.5, 0.6) is 0 Å². The number of amides is 2. The fraction of sp³-hybridized carbons (Fsp3) is 0.444. The largest absolute Gasteiger partial charge is 0.467 e. The average molecular weight is 330 g/mol. The summed E-state index contributed by atoms with van der Waals surface area (Å²) < 4.78 is 10.7. The van der Waals surface area contributed by atoms with Gasteiger partial charge in [0.15, 0.2) is 0 Å². The van der Waals surface area contributed by atoms with Gasteiger partial charge >= 0.3 is 0 Å². The Kier molecular flexibility index (Phi) is 5.36. The maximum absolute atomic E-state index is 12.8. The molecule has 6 nitrogen and oxygen atoms in total. The first-order valence-corrected chi connectivity index (χ1v) is 8.32. The molecular weight excluding hydrogens is 308 g/mol. The van der Waals surface area contributed by atoms with Gasteiger partial charge in [-0.2, -0.15) is 0 Å². The van der Waals surface area contributed by atoms with E-state index in [1.165, 1.54) is 0 Å². The Labute approximate surface area is 141 Å². The first-order chi connectivity index (χ1) is 11.7. The number of nitrogens with zero attached hydrogens (tertiary/aromatic N) is 2. The number of likely N-dealkylation sites (tertiary alicyclic amines) is 1. The van der Waals surface area contributed by atoms with E-state index in [1.807, 2.05) is 12.1 Å². The molecule has 24 heavy (non-hydrogen) atoms. The molecule has 2 amide bonds. The van der Waals surface area contributed by atoms with E-state index in [-0.39, 0.29) is 18.4 Å². The lowest BCUT2D eigenvalue weighted by Gasteiger charge is -2.26. The van der Waals surface area contributed by atoms with Crippen molar-refractivity contribution < 1.29 is 18.4 Å². The molecule has 128 valence electrons. The summed E-state index contributed by atoms with van der Waals surface area (Å²) in [6.45, 7) is 1.48. The molecular formula is C18H22N2O4. The van der Waals surface area contributed by atoms with Crippen LogP contribution in [-0.4, -0.2) is 34.7 Å². The number of hydrogen-bond acceptors (Lipinski definition) is 4. The third-order valence-corrected chi connectivity index (χ3v) is 4.20. The van der Waals surface area contributed by atoms with E-state index in [0.717, 1.165) is 19.3 Å². The summed E-state index contributed by atoms with van der Waals surface area (Å²) in [5.41, 5.74) is 0. The minimum absolute atomic E-state index is 0.0665. The van der Waals surface area contributed by atoms with Gasteiger partial charge in [0.05, 0.1) is 32.2 Å². The van der Waals surface area contributed by atoms with Gasteiger partial charge in [0.2, 0.25) is 11.8 Å². The summed E-state index contributed by atoms with van der Waals surface area (Å²) in [7, 11) is 0. The maximum Gasteiger partial charge on any atom is 0.243 e. The number of rotatable bonds is 6. The number of carbonyl (C=O) groups is 2. The highest BCUT2D eigenvalue weighted by molar-refractivity contribution is 5.84. The normalized spacial score (nSPS) is 15.3. The van der Waals surface area contributed by atoms with Crippen LogP contribution in [0.1, 0.15) is 37.2 Å². The van der Waals surface area contributed by atoms with E-state index >= 15 is 0 Å². The van der Waals surface area contributed by atoms with Crippen molar-refractivity contribution in [3.05, 3.63) is 48.3 Å². The smallest absolute Gasteiger partial charge is 0.243 e. The monoisotopic (exact) mass is 330 g/mol. The maximum atomic E-state index is 12.8. The zero-order valence-electron chi connectivity index (χ0n) is 13.6. The Hall–Kier alpha value is -2.50. The molecule has 0 bridgehead atoms. The van der Waals surface area contributed by atoms with Crippen LogP contribution in [0.4, 0.5) is 0 Å². The molecule has 0 unspecified atom stereocenters. The van der Waals surface area contributed by atoms with Gasteiger partial charge in [-0.1, -0.05) is 6.42 Å². The molecule has 0 spiro atoms. The molecule has 1 aliphatic rings. The van der Waals surface area contributed by atoms with E-state index < -0.39 is 0 Å². The minimum Gasteiger partial charge on any atom is -0.467 e. The van der Waals surface area contributed by atoms with E-state index in [4.69, 9.17) is 8.83 Å². The summed E-state index contributed by atoms with van der Waals surface area (Å²) >= 11 is 0. The van der Waals surface area contributed by atoms with E-state index in [9.17, 15) is 9.59 Å². The lowest BCUT2D eigenvalue weighted by atomic mass is 10.2. The Morgan fingerprint density at radius 1 is 1.04 bits per heavy atom. The van der Waals surface area contributed by atoms with Gasteiger partial charge in [-0.15, -0.1) is 0 Å². The topological polar surface area (TPSA) is 66.9 Å². The second kappa shape index (κ2) is 7.86. The van der Waals surface area contributed by atoms with Crippen molar-refractivity contribution in [1.29, 1.82) is 0 Å². The molecule has 1 aliphatic heterocycles. The SMILES string of the molecule is O=C1CCCCCN1CC(=O)N(Cc1ccco1)Cc1ccco1. The lowest BCUT2D eigenvalue weighted by molar-refractivity contribution is -0.141. The number of furan rings is 2. The summed E-state index contributed by atoms with van der Waals surface area (Å²) in [6, 6.07) is 7.26. The Balaban J connectivity index is 1.68. The fourth-order valence-electron chi connectivity index (χ4n) is 2.88. The van der Waals surface area contributed by atoms with Crippen LogP contribution in [0.2, 0.25) is 0 Å². The molecule has 3 rings (SSSR count). The standard InChI is InChI=1S/C18H22N2O4/c21-17-8-2-1-3-9-19(17)14-18(22)20(12-15-6-4-10-23-15)13-16-7-5-11-24-16/h4-7,10-11H,1-3,8-9,12-14H2. The van der Waals surface area contributed by atoms with Crippen LogP contribution in [0.3, 0.4) is 0 Å². The second-order valence-corrected chi connectivity index (χ2v) is 6.03. The van der Waals surface area contributed by atoms with Crippen LogP contribution in [0.25, 0.3) is 0 Å². The van der Waals surface area contributed by atoms with Crippen LogP contribution >= 0.6 is 0 Å². The Bertz CT molecular complexity index is 612. The molecule has 0 saturated carbocycles. The van der Waals surface area contributed by atoms with Gasteiger partial charge in [-0.05, 0) is 37.1 Å². The average Bonchev–Trinajstić information content (AvgIpc) is 3.23. The molecule has 0 aromatic carbocycles. The first kappa shape index (κ1) is 16.4. The number of carbonyl (C=O) groups excluding carboxylic acids is 2. The van der Waals surface area contributed by atoms with Gasteiger partial charge in [-0.3, -0.25) is 9.59 Å². The van der Waals surface area contributed by atoms with Crippen molar-refractivity contribution in [2.75, 3.05) is 13.1 Å². The predicted molar refractivity (Wildman–Crippen MR) is 86.7 cm³/mol. The second-order valence-electron chi connectivity index (χ2n) is 6.03. The molecule has 1 saturated heterocycles. The van der Waals surface area contributed by atoms with Crippen molar-refractivity contribution in [1.82, 2.24) is 9.80 Å². The Morgan fingerprint density at radius 2 is 1.71 bits per heavy atom. The molecule has 6 heteroatoms. The molecule has 2 aromatic rings. The quantitative estimate of drug-likeness (QED) is 0.817. The predicted octanol–water partition coefficient (Wildman–Crippen LogP) is 2.80. The van der Waals surface area contributed by atoms with Crippen molar-refractivity contribution in [3.8, 4) is 0 Å². The van der Waals surface area contributed by atoms with E-state index in [0.29, 0.717) is 37.6 Å². The molecule has 0 aliphatic carbocycles. The summed E-state index contributed by atoms with van der Waals surface area (Å²) in [5, 5.41) is 0. The zero-order chi connectivity index (χ0) is 16.8. The van der Waals surface area contributed by atoms with Gasteiger partial charge in [0.1, 0.15) is 11.5 Å². The molecule has 0 atom stereocenters. The Morgan fingerprint density at radius 3 is 2.29 bits per heavy atom.